The first-order valence-electron chi connectivity index (χ1n) is 15.4. The number of aromatic nitrogens is 5. The minimum Gasteiger partial charge on any atom is -0.479 e. The number of amides is 1. The first-order chi connectivity index (χ1) is 24.2. The lowest BCUT2D eigenvalue weighted by Gasteiger charge is -2.47. The Morgan fingerprint density at radius 1 is 1.25 bits per heavy atom. The third-order valence-corrected chi connectivity index (χ3v) is 10.7. The zero-order valence-electron chi connectivity index (χ0n) is 27.0. The van der Waals surface area contributed by atoms with Gasteiger partial charge in [0.25, 0.3) is 5.69 Å². The minimum absolute atomic E-state index is 0.0130. The number of anilines is 1. The number of hydrogen-bond acceptors (Lipinski definition) is 14. The predicted octanol–water partition coefficient (Wildman–Crippen LogP) is 0.882. The third-order valence-electron chi connectivity index (χ3n) is 8.88. The molecule has 4 atom stereocenters. The van der Waals surface area contributed by atoms with Crippen LogP contribution in [0.15, 0.2) is 49.2 Å². The summed E-state index contributed by atoms with van der Waals surface area (Å²) in [6.45, 7) is 1.69. The molecular weight excluding hydrogens is 694 g/mol. The van der Waals surface area contributed by atoms with Crippen LogP contribution in [0.1, 0.15) is 19.8 Å². The van der Waals surface area contributed by atoms with E-state index < -0.39 is 62.8 Å². The molecule has 2 saturated heterocycles. The fraction of sp³-hybridized carbons (Fsp3) is 0.400. The largest absolute Gasteiger partial charge is 0.479 e. The van der Waals surface area contributed by atoms with E-state index in [0.717, 1.165) is 17.0 Å². The molecular formula is C30H31N9O11S. The fourth-order valence-electron chi connectivity index (χ4n) is 6.02. The second-order valence-corrected chi connectivity index (χ2v) is 14.3. The summed E-state index contributed by atoms with van der Waals surface area (Å²) in [5.41, 5.74) is -0.332. The molecule has 5 heterocycles. The van der Waals surface area contributed by atoms with Crippen LogP contribution < -0.4 is 9.64 Å². The van der Waals surface area contributed by atoms with E-state index in [0.29, 0.717) is 16.6 Å². The molecule has 2 fully saturated rings. The monoisotopic (exact) mass is 725 g/mol. The number of carbonyl (C=O) groups is 2. The van der Waals surface area contributed by atoms with Gasteiger partial charge in [0.1, 0.15) is 23.7 Å². The highest BCUT2D eigenvalue weighted by atomic mass is 32.2. The number of aliphatic carboxylic acids is 1. The van der Waals surface area contributed by atoms with Crippen molar-refractivity contribution in [1.29, 1.82) is 5.26 Å². The van der Waals surface area contributed by atoms with Gasteiger partial charge in [-0.2, -0.15) is 14.7 Å². The SMILES string of the molecule is CCS(=O)(=O)N1CC(CC#N)(n2cc(-c3ncnc4c3ccn4C(=O)N(C)c3cc([N+](=O)[O-])ccc3O[C@H]3C[C@@H](O)[C@H](O)[C@@H](C(=O)O)O3)cn2)C1. The van der Waals surface area contributed by atoms with Crippen LogP contribution in [0, 0.1) is 21.4 Å². The Morgan fingerprint density at radius 2 is 2.00 bits per heavy atom. The molecule has 4 aromatic rings. The average Bonchev–Trinajstić information content (AvgIpc) is 3.75. The molecule has 3 aromatic heterocycles. The maximum atomic E-state index is 13.9. The van der Waals surface area contributed by atoms with Crippen LogP contribution in [0.2, 0.25) is 0 Å². The summed E-state index contributed by atoms with van der Waals surface area (Å²) < 4.78 is 39.9. The van der Waals surface area contributed by atoms with Gasteiger partial charge in [0, 0.05) is 62.0 Å². The number of benzene rings is 1. The zero-order valence-corrected chi connectivity index (χ0v) is 27.8. The highest BCUT2D eigenvalue weighted by Crippen LogP contribution is 2.37. The van der Waals surface area contributed by atoms with Crippen LogP contribution in [0.5, 0.6) is 5.75 Å². The summed E-state index contributed by atoms with van der Waals surface area (Å²) in [6, 6.07) is 6.32. The van der Waals surface area contributed by atoms with Crippen molar-refractivity contribution in [2.45, 2.75) is 49.9 Å². The molecule has 268 valence electrons. The molecule has 0 aliphatic carbocycles. The number of rotatable bonds is 10. The number of nitro groups is 1. The Bertz CT molecular complexity index is 2170. The van der Waals surface area contributed by atoms with Crippen molar-refractivity contribution in [1.82, 2.24) is 28.6 Å². The number of hydrogen-bond donors (Lipinski definition) is 3. The summed E-state index contributed by atoms with van der Waals surface area (Å²) in [6.07, 6.45) is -0.992. The topological polar surface area (TPSA) is 269 Å². The van der Waals surface area contributed by atoms with E-state index in [2.05, 4.69) is 21.1 Å². The second kappa shape index (κ2) is 13.3. The third kappa shape index (κ3) is 6.34. The number of carboxylic acids is 1. The van der Waals surface area contributed by atoms with E-state index in [-0.39, 0.29) is 48.8 Å². The smallest absolute Gasteiger partial charge is 0.335 e. The van der Waals surface area contributed by atoms with Crippen LogP contribution in [-0.2, 0) is 25.1 Å². The van der Waals surface area contributed by atoms with Gasteiger partial charge in [-0.15, -0.1) is 0 Å². The standard InChI is InChI=1S/C30H31N9O11S/c1-3-51(47,48)36-14-30(15-36,7-8-31)38-13-17(12-34-38)24-19-6-9-37(27(19)33-16-32-24)29(44)35(2)20-10-18(39(45)46)4-5-22(20)49-23-11-21(40)25(41)26(50-23)28(42)43/h4-6,9-10,12-13,16,21,23,25-26,40-41H,3,7,11,14-15H2,1-2H3,(H,42,43)/t21-,23-,25+,26+/m1/s1. The van der Waals surface area contributed by atoms with Gasteiger partial charge in [0.2, 0.25) is 16.3 Å². The molecule has 3 N–H and O–H groups in total. The second-order valence-electron chi connectivity index (χ2n) is 12.0. The lowest BCUT2D eigenvalue weighted by Crippen LogP contribution is -2.64. The Kier molecular flexibility index (Phi) is 9.21. The molecule has 1 aromatic carbocycles. The summed E-state index contributed by atoms with van der Waals surface area (Å²) in [5.74, 6) is -1.74. The van der Waals surface area contributed by atoms with Gasteiger partial charge in [-0.3, -0.25) is 24.3 Å². The van der Waals surface area contributed by atoms with Crippen molar-refractivity contribution in [2.24, 2.45) is 0 Å². The Morgan fingerprint density at radius 3 is 2.67 bits per heavy atom. The number of aliphatic hydroxyl groups is 2. The van der Waals surface area contributed by atoms with E-state index in [1.807, 2.05) is 0 Å². The van der Waals surface area contributed by atoms with E-state index >= 15 is 0 Å². The van der Waals surface area contributed by atoms with Crippen molar-refractivity contribution in [3.05, 3.63) is 59.3 Å². The zero-order chi connectivity index (χ0) is 36.8. The summed E-state index contributed by atoms with van der Waals surface area (Å²) >= 11 is 0. The number of nitriles is 1. The molecule has 51 heavy (non-hydrogen) atoms. The number of carboxylic acid groups (broad SMARTS) is 1. The van der Waals surface area contributed by atoms with Crippen LogP contribution in [-0.4, -0.2) is 120 Å². The molecule has 21 heteroatoms. The lowest BCUT2D eigenvalue weighted by molar-refractivity contribution is -0.384. The quantitative estimate of drug-likeness (QED) is 0.151. The summed E-state index contributed by atoms with van der Waals surface area (Å²) in [7, 11) is -2.14. The molecule has 6 rings (SSSR count). The molecule has 2 aliphatic rings. The normalized spacial score (nSPS) is 21.8. The minimum atomic E-state index is -3.46. The number of carbonyl (C=O) groups excluding carboxylic acids is 1. The van der Waals surface area contributed by atoms with E-state index in [1.165, 1.54) is 40.7 Å². The Labute approximate surface area is 288 Å². The Hall–Kier alpha value is -5.53. The molecule has 0 unspecified atom stereocenters. The van der Waals surface area contributed by atoms with Gasteiger partial charge in [0.05, 0.1) is 46.8 Å². The van der Waals surface area contributed by atoms with E-state index in [4.69, 9.17) is 9.47 Å². The van der Waals surface area contributed by atoms with Crippen LogP contribution in [0.3, 0.4) is 0 Å². The number of nitrogens with zero attached hydrogens (tertiary/aromatic N) is 9. The first kappa shape index (κ1) is 35.3. The van der Waals surface area contributed by atoms with Crippen molar-refractivity contribution in [3.63, 3.8) is 0 Å². The average molecular weight is 726 g/mol. The van der Waals surface area contributed by atoms with Gasteiger partial charge in [-0.25, -0.2) is 28.0 Å². The highest BCUT2D eigenvalue weighted by Gasteiger charge is 2.50. The number of non-ortho nitro benzene ring substituents is 1. The van der Waals surface area contributed by atoms with Crippen LogP contribution in [0.4, 0.5) is 16.2 Å². The lowest BCUT2D eigenvalue weighted by atomic mass is 9.89. The van der Waals surface area contributed by atoms with Gasteiger partial charge in [-0.05, 0) is 19.1 Å². The van der Waals surface area contributed by atoms with Crippen molar-refractivity contribution in [2.75, 3.05) is 30.8 Å². The van der Waals surface area contributed by atoms with Gasteiger partial charge >= 0.3 is 12.0 Å². The number of nitro benzene ring substituents is 1. The number of fused-ring (bicyclic) bond motifs is 1. The number of aliphatic hydroxyl groups excluding tert-OH is 2. The van der Waals surface area contributed by atoms with Crippen molar-refractivity contribution >= 4 is 44.4 Å². The van der Waals surface area contributed by atoms with Crippen LogP contribution in [0.25, 0.3) is 22.3 Å². The van der Waals surface area contributed by atoms with Gasteiger partial charge in [-0.1, -0.05) is 0 Å². The summed E-state index contributed by atoms with van der Waals surface area (Å²) in [4.78, 5) is 46.2. The maximum absolute atomic E-state index is 13.9. The molecule has 0 spiro atoms. The molecule has 1 amide bonds. The molecule has 2 aliphatic heterocycles. The van der Waals surface area contributed by atoms with Crippen LogP contribution >= 0.6 is 0 Å². The van der Waals surface area contributed by atoms with Gasteiger partial charge < -0.3 is 24.8 Å². The molecule has 0 saturated carbocycles. The summed E-state index contributed by atoms with van der Waals surface area (Å²) in [5, 5.41) is 55.6. The maximum Gasteiger partial charge on any atom is 0.335 e. The van der Waals surface area contributed by atoms with Gasteiger partial charge in [0.15, 0.2) is 11.8 Å². The highest BCUT2D eigenvalue weighted by molar-refractivity contribution is 7.89. The number of sulfonamides is 1. The number of ether oxygens (including phenoxy) is 2. The Balaban J connectivity index is 1.29. The van der Waals surface area contributed by atoms with Crippen molar-refractivity contribution < 1.29 is 47.7 Å². The molecule has 0 radical (unpaired) electrons. The molecule has 0 bridgehead atoms. The first-order valence-corrected chi connectivity index (χ1v) is 17.0. The predicted molar refractivity (Wildman–Crippen MR) is 174 cm³/mol. The molecule has 20 nitrogen and oxygen atoms in total. The van der Waals surface area contributed by atoms with E-state index in [1.54, 1.807) is 23.9 Å². The van der Waals surface area contributed by atoms with Crippen molar-refractivity contribution in [3.8, 4) is 23.1 Å². The fourth-order valence-corrected chi connectivity index (χ4v) is 7.26. The van der Waals surface area contributed by atoms with E-state index in [9.17, 15) is 48.7 Å².